The molecule has 0 radical (unpaired) electrons. The monoisotopic (exact) mass is 183 g/mol. The average Bonchev–Trinajstić information content (AvgIpc) is 1.82. The van der Waals surface area contributed by atoms with Gasteiger partial charge in [0.1, 0.15) is 6.54 Å². The molecule has 0 aromatic heterocycles. The Morgan fingerprint density at radius 3 is 2.23 bits per heavy atom. The van der Waals surface area contributed by atoms with Crippen molar-refractivity contribution in [3.8, 4) is 0 Å². The Bertz CT molecular complexity index is 263. The van der Waals surface area contributed by atoms with E-state index in [2.05, 4.69) is 52.3 Å². The van der Waals surface area contributed by atoms with Crippen LogP contribution in [0.2, 0.25) is 0 Å². The molecule has 0 fully saturated rings. The summed E-state index contributed by atoms with van der Waals surface area (Å²) in [6.45, 7) is 3.24. The topological polar surface area (TPSA) is 0 Å². The van der Waals surface area contributed by atoms with Gasteiger partial charge in [-0.15, -0.1) is 0 Å². The summed E-state index contributed by atoms with van der Waals surface area (Å²) in [7, 11) is 6.63. The molecule has 0 bridgehead atoms. The lowest BCUT2D eigenvalue weighted by Crippen LogP contribution is -3.00. The summed E-state index contributed by atoms with van der Waals surface area (Å²) < 4.78 is 0.990. The van der Waals surface area contributed by atoms with Crippen LogP contribution >= 0.6 is 0 Å². The van der Waals surface area contributed by atoms with Crippen molar-refractivity contribution < 1.29 is 9.19 Å². The van der Waals surface area contributed by atoms with Crippen LogP contribution in [0.1, 0.15) is 11.1 Å². The van der Waals surface area contributed by atoms with Crippen LogP contribution in [-0.2, 0) is 6.54 Å². The molecule has 1 rings (SSSR count). The lowest BCUT2D eigenvalue weighted by molar-refractivity contribution is -0.884. The van der Waals surface area contributed by atoms with Crippen LogP contribution in [-0.4, -0.2) is 25.6 Å². The van der Waals surface area contributed by atoms with E-state index in [9.17, 15) is 0 Å². The molecule has 13 heavy (non-hydrogen) atoms. The molecule has 0 amide bonds. The van der Waals surface area contributed by atoms with Gasteiger partial charge in [-0.2, -0.15) is 0 Å². The molecule has 0 aliphatic heterocycles. The standard InChI is InChI=1S/C11H18N.FH/c1-10-6-5-7-11(8-10)9-12(2,3)4;/h5-8H,9H2,1-4H3;1H/q+1;/p-1. The minimum atomic E-state index is 0. The maximum atomic E-state index is 2.25. The van der Waals surface area contributed by atoms with E-state index in [-0.39, 0.29) is 4.70 Å². The van der Waals surface area contributed by atoms with Crippen molar-refractivity contribution in [1.29, 1.82) is 0 Å². The van der Waals surface area contributed by atoms with Crippen molar-refractivity contribution in [2.45, 2.75) is 13.5 Å². The van der Waals surface area contributed by atoms with Crippen molar-refractivity contribution in [3.05, 3.63) is 35.4 Å². The second-order valence-electron chi connectivity index (χ2n) is 4.44. The Hall–Kier alpha value is -0.890. The number of aryl methyl sites for hydroxylation is 1. The first-order valence-corrected chi connectivity index (χ1v) is 4.33. The zero-order chi connectivity index (χ0) is 9.19. The Labute approximate surface area is 80.0 Å². The summed E-state index contributed by atoms with van der Waals surface area (Å²) in [5.41, 5.74) is 2.77. The first-order chi connectivity index (χ1) is 5.47. The Kier molecular flexibility index (Phi) is 4.08. The molecule has 1 nitrogen and oxygen atoms in total. The van der Waals surface area contributed by atoms with Crippen molar-refractivity contribution in [1.82, 2.24) is 0 Å². The third-order valence-electron chi connectivity index (χ3n) is 1.74. The highest BCUT2D eigenvalue weighted by atomic mass is 19.0. The molecule has 0 unspecified atom stereocenters. The molecule has 0 aliphatic carbocycles. The summed E-state index contributed by atoms with van der Waals surface area (Å²) >= 11 is 0. The predicted molar refractivity (Wildman–Crippen MR) is 52.9 cm³/mol. The fourth-order valence-corrected chi connectivity index (χ4v) is 1.36. The molecule has 0 N–H and O–H groups in total. The van der Waals surface area contributed by atoms with E-state index in [1.807, 2.05) is 0 Å². The lowest BCUT2D eigenvalue weighted by Gasteiger charge is -2.23. The highest BCUT2D eigenvalue weighted by Gasteiger charge is 2.07. The molecule has 2 heteroatoms. The van der Waals surface area contributed by atoms with Gasteiger partial charge in [-0.3, -0.25) is 0 Å². The van der Waals surface area contributed by atoms with Crippen molar-refractivity contribution in [2.24, 2.45) is 0 Å². The molecule has 0 heterocycles. The van der Waals surface area contributed by atoms with Crippen molar-refractivity contribution in [3.63, 3.8) is 0 Å². The highest BCUT2D eigenvalue weighted by molar-refractivity contribution is 5.21. The normalized spacial score (nSPS) is 10.8. The van der Waals surface area contributed by atoms with Crippen LogP contribution in [0.25, 0.3) is 0 Å². The molecule has 1 aromatic carbocycles. The number of hydrogen-bond acceptors (Lipinski definition) is 0. The molecular formula is C11H18FN. The average molecular weight is 183 g/mol. The van der Waals surface area contributed by atoms with Gasteiger partial charge in [-0.1, -0.05) is 29.8 Å². The zero-order valence-electron chi connectivity index (χ0n) is 8.84. The van der Waals surface area contributed by atoms with Crippen LogP contribution in [0.15, 0.2) is 24.3 Å². The van der Waals surface area contributed by atoms with E-state index in [1.165, 1.54) is 11.1 Å². The number of nitrogens with zero attached hydrogens (tertiary/aromatic N) is 1. The van der Waals surface area contributed by atoms with Gasteiger partial charge in [0.15, 0.2) is 0 Å². The van der Waals surface area contributed by atoms with Gasteiger partial charge in [0.25, 0.3) is 0 Å². The third kappa shape index (κ3) is 4.63. The van der Waals surface area contributed by atoms with Gasteiger partial charge in [0.2, 0.25) is 0 Å². The van der Waals surface area contributed by atoms with E-state index in [1.54, 1.807) is 0 Å². The van der Waals surface area contributed by atoms with Gasteiger partial charge in [-0.05, 0) is 6.92 Å². The van der Waals surface area contributed by atoms with Gasteiger partial charge < -0.3 is 9.19 Å². The number of hydrogen-bond donors (Lipinski definition) is 0. The lowest BCUT2D eigenvalue weighted by atomic mass is 10.1. The van der Waals surface area contributed by atoms with Crippen LogP contribution in [0.4, 0.5) is 0 Å². The highest BCUT2D eigenvalue weighted by Crippen LogP contribution is 2.08. The first kappa shape index (κ1) is 12.1. The molecule has 0 aliphatic rings. The van der Waals surface area contributed by atoms with Gasteiger partial charge >= 0.3 is 0 Å². The molecule has 0 spiro atoms. The van der Waals surface area contributed by atoms with Gasteiger partial charge in [0, 0.05) is 5.56 Å². The molecule has 74 valence electrons. The fourth-order valence-electron chi connectivity index (χ4n) is 1.36. The van der Waals surface area contributed by atoms with Crippen LogP contribution in [0.5, 0.6) is 0 Å². The third-order valence-corrected chi connectivity index (χ3v) is 1.74. The Morgan fingerprint density at radius 2 is 1.77 bits per heavy atom. The second kappa shape index (κ2) is 4.38. The van der Waals surface area contributed by atoms with Crippen LogP contribution in [0.3, 0.4) is 0 Å². The van der Waals surface area contributed by atoms with Crippen LogP contribution < -0.4 is 4.70 Å². The summed E-state index contributed by atoms with van der Waals surface area (Å²) in [4.78, 5) is 0. The molecule has 0 saturated heterocycles. The summed E-state index contributed by atoms with van der Waals surface area (Å²) in [5, 5.41) is 0. The summed E-state index contributed by atoms with van der Waals surface area (Å²) in [6, 6.07) is 8.71. The predicted octanol–water partition coefficient (Wildman–Crippen LogP) is -0.795. The van der Waals surface area contributed by atoms with E-state index in [0.29, 0.717) is 0 Å². The van der Waals surface area contributed by atoms with E-state index in [0.717, 1.165) is 11.0 Å². The molecule has 0 atom stereocenters. The smallest absolute Gasteiger partial charge is 0.104 e. The molecule has 0 saturated carbocycles. The second-order valence-corrected chi connectivity index (χ2v) is 4.44. The quantitative estimate of drug-likeness (QED) is 0.527. The maximum absolute atomic E-state index is 2.25. The van der Waals surface area contributed by atoms with E-state index in [4.69, 9.17) is 0 Å². The van der Waals surface area contributed by atoms with Crippen molar-refractivity contribution >= 4 is 0 Å². The fraction of sp³-hybridized carbons (Fsp3) is 0.455. The number of quaternary nitrogens is 1. The number of halogens is 1. The minimum Gasteiger partial charge on any atom is -1.00 e. The van der Waals surface area contributed by atoms with Gasteiger partial charge in [-0.25, -0.2) is 0 Å². The van der Waals surface area contributed by atoms with Crippen LogP contribution in [0, 0.1) is 6.92 Å². The molecule has 1 aromatic rings. The summed E-state index contributed by atoms with van der Waals surface area (Å²) in [5.74, 6) is 0. The number of rotatable bonds is 2. The molecular weight excluding hydrogens is 165 g/mol. The summed E-state index contributed by atoms with van der Waals surface area (Å²) in [6.07, 6.45) is 0. The number of benzene rings is 1. The first-order valence-electron chi connectivity index (χ1n) is 4.33. The van der Waals surface area contributed by atoms with Crippen molar-refractivity contribution in [2.75, 3.05) is 21.1 Å². The zero-order valence-corrected chi connectivity index (χ0v) is 8.84. The maximum Gasteiger partial charge on any atom is 0.104 e. The Balaban J connectivity index is 0.00000144. The van der Waals surface area contributed by atoms with E-state index < -0.39 is 0 Å². The largest absolute Gasteiger partial charge is 1.00 e. The minimum absolute atomic E-state index is 0. The SMILES string of the molecule is Cc1cccc(C[N+](C)(C)C)c1.[F-]. The van der Waals surface area contributed by atoms with Gasteiger partial charge in [0.05, 0.1) is 21.1 Å². The Morgan fingerprint density at radius 1 is 1.15 bits per heavy atom. The van der Waals surface area contributed by atoms with E-state index >= 15 is 0 Å².